The number of rotatable bonds is 3. The van der Waals surface area contributed by atoms with Crippen molar-refractivity contribution < 1.29 is 31.1 Å². The molecule has 4 heteroatoms. The van der Waals surface area contributed by atoms with Crippen LogP contribution in [0.4, 0.5) is 0 Å². The number of hydrogen-bond acceptors (Lipinski definition) is 0. The first-order chi connectivity index (χ1) is 14.0. The molecule has 5 aromatic carbocycles. The first kappa shape index (κ1) is 26.1. The first-order valence-corrected chi connectivity index (χ1v) is 11.6. The van der Waals surface area contributed by atoms with Crippen LogP contribution in [0, 0.1) is 27.7 Å². The zero-order chi connectivity index (χ0) is 20.1. The summed E-state index contributed by atoms with van der Waals surface area (Å²) in [6.07, 6.45) is 0. The molecule has 0 aliphatic carbocycles. The Bertz CT molecular complexity index is 1180. The van der Waals surface area contributed by atoms with Gasteiger partial charge in [0, 0.05) is 0 Å². The number of fused-ring (bicyclic) bond motifs is 2. The Hall–Kier alpha value is -2.12. The Labute approximate surface area is 204 Å². The van der Waals surface area contributed by atoms with Crippen molar-refractivity contribution in [1.29, 1.82) is 0 Å². The Kier molecular flexibility index (Phi) is 8.35. The molecular formula is C28H25F2PTi. The molecule has 0 spiro atoms. The average Bonchev–Trinajstić information content (AvgIpc) is 3.36. The molecule has 0 unspecified atom stereocenters. The van der Waals surface area contributed by atoms with Gasteiger partial charge in [0.1, 0.15) is 0 Å². The minimum absolute atomic E-state index is 0. The molecule has 0 nitrogen and oxygen atoms in total. The second-order valence-corrected chi connectivity index (χ2v) is 10.4. The van der Waals surface area contributed by atoms with Crippen LogP contribution in [0.2, 0.25) is 0 Å². The van der Waals surface area contributed by atoms with Crippen molar-refractivity contribution in [2.75, 3.05) is 0 Å². The van der Waals surface area contributed by atoms with Gasteiger partial charge in [-0.05, 0) is 19.2 Å². The molecule has 5 aromatic rings. The second kappa shape index (κ2) is 10.2. The molecule has 0 amide bonds. The fourth-order valence-electron chi connectivity index (χ4n) is 4.43. The standard InChI is InChI=1S/C28H25P.2FH.Ti/c1-18-10-11-19(2)26-15-23(14-25(18)26)29(22-8-6-5-7-9-22)24-16-27-20(3)12-13-21(4)28(27)17-24;;;/h5-17H,1-4H3;2*1H;/q-2;;;+4/p-2. The third-order valence-corrected chi connectivity index (χ3v) is 8.51. The van der Waals surface area contributed by atoms with Gasteiger partial charge in [0.25, 0.3) is 0 Å². The number of hydrogen-bond donors (Lipinski definition) is 0. The van der Waals surface area contributed by atoms with Crippen LogP contribution < -0.4 is 25.3 Å². The van der Waals surface area contributed by atoms with Crippen LogP contribution in [0.1, 0.15) is 22.3 Å². The largest absolute Gasteiger partial charge is 4.00 e. The quantitative estimate of drug-likeness (QED) is 0.201. The fraction of sp³-hybridized carbons (Fsp3) is 0.143. The van der Waals surface area contributed by atoms with Crippen LogP contribution >= 0.6 is 7.92 Å². The van der Waals surface area contributed by atoms with Crippen LogP contribution in [0.5, 0.6) is 0 Å². The van der Waals surface area contributed by atoms with E-state index >= 15 is 0 Å². The topological polar surface area (TPSA) is 0 Å². The monoisotopic (exact) mass is 478 g/mol. The van der Waals surface area contributed by atoms with Crippen LogP contribution in [-0.2, 0) is 21.7 Å². The minimum atomic E-state index is -0.589. The van der Waals surface area contributed by atoms with Gasteiger partial charge in [-0.1, -0.05) is 75.4 Å². The molecule has 0 radical (unpaired) electrons. The molecule has 0 bridgehead atoms. The molecule has 0 aliphatic heterocycles. The Morgan fingerprint density at radius 1 is 0.562 bits per heavy atom. The maximum Gasteiger partial charge on any atom is 4.00 e. The molecule has 0 saturated carbocycles. The van der Waals surface area contributed by atoms with E-state index in [9.17, 15) is 0 Å². The van der Waals surface area contributed by atoms with Crippen molar-refractivity contribution in [3.63, 3.8) is 0 Å². The van der Waals surface area contributed by atoms with Gasteiger partial charge < -0.3 is 9.41 Å². The number of halogens is 2. The van der Waals surface area contributed by atoms with Gasteiger partial charge in [-0.3, -0.25) is 0 Å². The summed E-state index contributed by atoms with van der Waals surface area (Å²) >= 11 is 0. The van der Waals surface area contributed by atoms with E-state index in [1.807, 2.05) is 0 Å². The molecule has 0 N–H and O–H groups in total. The SMILES string of the molecule is Cc1ccc(C)c2[cH-]c(P(c3ccccc3)c3cc4c(C)ccc(C)c4[cH-]3)cc12.[F-].[F-].[Ti+4]. The Morgan fingerprint density at radius 3 is 1.38 bits per heavy atom. The normalized spacial score (nSPS) is 10.7. The fourth-order valence-corrected chi connectivity index (χ4v) is 6.83. The van der Waals surface area contributed by atoms with Crippen molar-refractivity contribution in [1.82, 2.24) is 0 Å². The minimum Gasteiger partial charge on any atom is -1.00 e. The van der Waals surface area contributed by atoms with Crippen LogP contribution in [0.15, 0.2) is 78.9 Å². The number of aryl methyl sites for hydroxylation is 4. The Balaban J connectivity index is 0.00000121. The zero-order valence-electron chi connectivity index (χ0n) is 18.7. The predicted molar refractivity (Wildman–Crippen MR) is 130 cm³/mol. The summed E-state index contributed by atoms with van der Waals surface area (Å²) in [5.41, 5.74) is 5.44. The van der Waals surface area contributed by atoms with E-state index in [1.54, 1.807) is 0 Å². The summed E-state index contributed by atoms with van der Waals surface area (Å²) in [7, 11) is -0.589. The summed E-state index contributed by atoms with van der Waals surface area (Å²) in [4.78, 5) is 0. The van der Waals surface area contributed by atoms with Crippen molar-refractivity contribution in [2.24, 2.45) is 0 Å². The van der Waals surface area contributed by atoms with E-state index in [0.717, 1.165) is 0 Å². The van der Waals surface area contributed by atoms with E-state index in [-0.39, 0.29) is 31.1 Å². The van der Waals surface area contributed by atoms with Gasteiger partial charge in [-0.2, -0.15) is 12.1 Å². The van der Waals surface area contributed by atoms with Crippen LogP contribution in [0.3, 0.4) is 0 Å². The van der Waals surface area contributed by atoms with Gasteiger partial charge in [-0.15, -0.1) is 67.5 Å². The Morgan fingerprint density at radius 2 is 0.969 bits per heavy atom. The third-order valence-electron chi connectivity index (χ3n) is 6.15. The summed E-state index contributed by atoms with van der Waals surface area (Å²) in [5, 5.41) is 9.89. The van der Waals surface area contributed by atoms with E-state index < -0.39 is 7.92 Å². The van der Waals surface area contributed by atoms with Gasteiger partial charge in [0.2, 0.25) is 0 Å². The van der Waals surface area contributed by atoms with E-state index in [1.165, 1.54) is 59.7 Å². The average molecular weight is 478 g/mol. The van der Waals surface area contributed by atoms with Crippen molar-refractivity contribution in [3.8, 4) is 0 Å². The predicted octanol–water partition coefficient (Wildman–Crippen LogP) is 0.428. The van der Waals surface area contributed by atoms with Gasteiger partial charge >= 0.3 is 21.7 Å². The van der Waals surface area contributed by atoms with E-state index in [2.05, 4.69) is 107 Å². The number of benzene rings is 3. The molecule has 160 valence electrons. The smallest absolute Gasteiger partial charge is 1.00 e. The molecule has 0 saturated heterocycles. The van der Waals surface area contributed by atoms with E-state index in [4.69, 9.17) is 0 Å². The van der Waals surface area contributed by atoms with Gasteiger partial charge in [-0.25, -0.2) is 0 Å². The molecule has 0 aromatic heterocycles. The molecule has 0 atom stereocenters. The molecule has 5 rings (SSSR count). The van der Waals surface area contributed by atoms with Crippen LogP contribution in [0.25, 0.3) is 21.5 Å². The summed E-state index contributed by atoms with van der Waals surface area (Å²) in [6.45, 7) is 8.89. The van der Waals surface area contributed by atoms with E-state index in [0.29, 0.717) is 0 Å². The van der Waals surface area contributed by atoms with Crippen molar-refractivity contribution >= 4 is 45.4 Å². The summed E-state index contributed by atoms with van der Waals surface area (Å²) in [6, 6.07) is 29.8. The van der Waals surface area contributed by atoms with Crippen LogP contribution in [-0.4, -0.2) is 0 Å². The van der Waals surface area contributed by atoms with Gasteiger partial charge in [0.15, 0.2) is 0 Å². The third kappa shape index (κ3) is 4.37. The maximum atomic E-state index is 2.44. The molecular weight excluding hydrogens is 453 g/mol. The van der Waals surface area contributed by atoms with Crippen molar-refractivity contribution in [3.05, 3.63) is 101 Å². The molecule has 0 heterocycles. The van der Waals surface area contributed by atoms with Gasteiger partial charge in [0.05, 0.1) is 0 Å². The summed E-state index contributed by atoms with van der Waals surface area (Å²) in [5.74, 6) is 0. The second-order valence-electron chi connectivity index (χ2n) is 8.15. The molecule has 32 heavy (non-hydrogen) atoms. The molecule has 0 fully saturated rings. The summed E-state index contributed by atoms with van der Waals surface area (Å²) < 4.78 is 0. The first-order valence-electron chi connectivity index (χ1n) is 10.2. The van der Waals surface area contributed by atoms with Crippen molar-refractivity contribution in [2.45, 2.75) is 27.7 Å². The maximum absolute atomic E-state index is 2.44. The zero-order valence-corrected chi connectivity index (χ0v) is 21.2. The molecule has 0 aliphatic rings.